The number of pyridine rings is 1. The molecule has 0 fully saturated rings. The average Bonchev–Trinajstić information content (AvgIpc) is 3.06. The van der Waals surface area contributed by atoms with Crippen LogP contribution in [0.1, 0.15) is 5.69 Å². The fraction of sp³-hybridized carbons (Fsp3) is 0.222. The summed E-state index contributed by atoms with van der Waals surface area (Å²) >= 11 is 0. The molecule has 0 saturated heterocycles. The second-order valence-electron chi connectivity index (χ2n) is 6.03. The van der Waals surface area contributed by atoms with Crippen LogP contribution in [0, 0.1) is 11.6 Å². The van der Waals surface area contributed by atoms with E-state index in [2.05, 4.69) is 19.9 Å². The number of para-hydroxylation sites is 1. The van der Waals surface area contributed by atoms with Crippen LogP contribution >= 0.6 is 0 Å². The topological polar surface area (TPSA) is 37.2 Å². The lowest BCUT2D eigenvalue weighted by Gasteiger charge is -2.36. The summed E-state index contributed by atoms with van der Waals surface area (Å²) in [5, 5.41) is 4.35. The van der Waals surface area contributed by atoms with Crippen molar-refractivity contribution in [2.75, 3.05) is 29.9 Å². The molecule has 0 aliphatic carbocycles. The molecule has 4 rings (SSSR count). The van der Waals surface area contributed by atoms with E-state index in [1.165, 1.54) is 22.9 Å². The standard InChI is InChI=1S/C18H17F2N5/c1-23-9-10-24(17-11-21-7-5-16(17)23)12-13-6-8-25(22-13)18-14(19)3-2-4-15(18)20/h2-8,11H,9-10,12H2,1H3. The summed E-state index contributed by atoms with van der Waals surface area (Å²) in [5.41, 5.74) is 2.72. The fourth-order valence-corrected chi connectivity index (χ4v) is 3.10. The Balaban J connectivity index is 1.61. The van der Waals surface area contributed by atoms with E-state index < -0.39 is 11.6 Å². The average molecular weight is 341 g/mol. The van der Waals surface area contributed by atoms with Crippen molar-refractivity contribution in [1.29, 1.82) is 0 Å². The normalized spacial score (nSPS) is 13.9. The maximum Gasteiger partial charge on any atom is 0.151 e. The van der Waals surface area contributed by atoms with Gasteiger partial charge in [-0.15, -0.1) is 0 Å². The Morgan fingerprint density at radius 3 is 2.64 bits per heavy atom. The maximum atomic E-state index is 13.9. The molecule has 0 bridgehead atoms. The first-order valence-electron chi connectivity index (χ1n) is 8.02. The molecule has 128 valence electrons. The lowest BCUT2D eigenvalue weighted by Crippen LogP contribution is -2.38. The Hall–Kier alpha value is -2.96. The number of hydrogen-bond acceptors (Lipinski definition) is 4. The smallest absolute Gasteiger partial charge is 0.151 e. The van der Waals surface area contributed by atoms with Crippen molar-refractivity contribution in [3.8, 4) is 5.69 Å². The zero-order chi connectivity index (χ0) is 17.4. The van der Waals surface area contributed by atoms with E-state index >= 15 is 0 Å². The van der Waals surface area contributed by atoms with Gasteiger partial charge in [0.15, 0.2) is 11.6 Å². The predicted octanol–water partition coefficient (Wildman–Crippen LogP) is 3.00. The quantitative estimate of drug-likeness (QED) is 0.734. The minimum Gasteiger partial charge on any atom is -0.371 e. The molecule has 25 heavy (non-hydrogen) atoms. The number of hydrogen-bond donors (Lipinski definition) is 0. The second kappa shape index (κ2) is 6.16. The van der Waals surface area contributed by atoms with Gasteiger partial charge < -0.3 is 9.80 Å². The van der Waals surface area contributed by atoms with Crippen molar-refractivity contribution in [2.24, 2.45) is 0 Å². The van der Waals surface area contributed by atoms with Crippen LogP contribution in [-0.4, -0.2) is 34.9 Å². The van der Waals surface area contributed by atoms with Crippen LogP contribution in [0.25, 0.3) is 5.69 Å². The van der Waals surface area contributed by atoms with Crippen LogP contribution in [0.15, 0.2) is 48.9 Å². The Morgan fingerprint density at radius 1 is 1.04 bits per heavy atom. The van der Waals surface area contributed by atoms with Gasteiger partial charge in [0.1, 0.15) is 5.69 Å². The summed E-state index contributed by atoms with van der Waals surface area (Å²) in [7, 11) is 2.05. The minimum absolute atomic E-state index is 0.158. The van der Waals surface area contributed by atoms with Gasteiger partial charge in [-0.1, -0.05) is 6.07 Å². The third kappa shape index (κ3) is 2.82. The molecule has 0 saturated carbocycles. The first-order valence-corrected chi connectivity index (χ1v) is 8.02. The monoisotopic (exact) mass is 341 g/mol. The molecular formula is C18H17F2N5. The molecule has 0 radical (unpaired) electrons. The summed E-state index contributed by atoms with van der Waals surface area (Å²) in [6, 6.07) is 7.55. The zero-order valence-corrected chi connectivity index (χ0v) is 13.7. The summed E-state index contributed by atoms with van der Waals surface area (Å²) in [6.45, 7) is 2.27. The first-order chi connectivity index (χ1) is 12.1. The number of rotatable bonds is 3. The van der Waals surface area contributed by atoms with E-state index in [1.54, 1.807) is 18.5 Å². The van der Waals surface area contributed by atoms with Gasteiger partial charge in [0.25, 0.3) is 0 Å². The fourth-order valence-electron chi connectivity index (χ4n) is 3.10. The van der Waals surface area contributed by atoms with E-state index in [-0.39, 0.29) is 5.69 Å². The first kappa shape index (κ1) is 15.6. The largest absolute Gasteiger partial charge is 0.371 e. The zero-order valence-electron chi connectivity index (χ0n) is 13.7. The van der Waals surface area contributed by atoms with E-state index in [9.17, 15) is 8.78 Å². The number of fused-ring (bicyclic) bond motifs is 1. The number of anilines is 2. The van der Waals surface area contributed by atoms with Crippen LogP contribution in [-0.2, 0) is 6.54 Å². The Bertz CT molecular complexity index is 888. The van der Waals surface area contributed by atoms with Gasteiger partial charge in [-0.25, -0.2) is 13.5 Å². The lowest BCUT2D eigenvalue weighted by atomic mass is 10.2. The van der Waals surface area contributed by atoms with E-state index in [0.29, 0.717) is 6.54 Å². The number of aromatic nitrogens is 3. The second-order valence-corrected chi connectivity index (χ2v) is 6.03. The lowest BCUT2D eigenvalue weighted by molar-refractivity contribution is 0.558. The molecule has 7 heteroatoms. The molecule has 3 heterocycles. The van der Waals surface area contributed by atoms with Gasteiger partial charge in [0.05, 0.1) is 29.8 Å². The van der Waals surface area contributed by atoms with E-state index in [1.807, 2.05) is 19.3 Å². The summed E-state index contributed by atoms with van der Waals surface area (Å²) < 4.78 is 29.1. The molecule has 0 spiro atoms. The van der Waals surface area contributed by atoms with Crippen molar-refractivity contribution in [2.45, 2.75) is 6.54 Å². The van der Waals surface area contributed by atoms with E-state index in [4.69, 9.17) is 0 Å². The third-order valence-corrected chi connectivity index (χ3v) is 4.40. The molecule has 1 aliphatic rings. The molecule has 1 aromatic carbocycles. The third-order valence-electron chi connectivity index (χ3n) is 4.40. The molecule has 3 aromatic rings. The molecule has 0 N–H and O–H groups in total. The molecule has 0 atom stereocenters. The predicted molar refractivity (Wildman–Crippen MR) is 92.0 cm³/mol. The number of nitrogens with zero attached hydrogens (tertiary/aromatic N) is 5. The molecule has 0 unspecified atom stereocenters. The Kier molecular flexibility index (Phi) is 3.83. The number of halogens is 2. The van der Waals surface area contributed by atoms with Crippen LogP contribution < -0.4 is 9.80 Å². The Morgan fingerprint density at radius 2 is 1.84 bits per heavy atom. The van der Waals surface area contributed by atoms with Crippen LogP contribution in [0.2, 0.25) is 0 Å². The molecule has 0 amide bonds. The highest BCUT2D eigenvalue weighted by atomic mass is 19.1. The summed E-state index contributed by atoms with van der Waals surface area (Å²) in [6.07, 6.45) is 5.18. The molecule has 5 nitrogen and oxygen atoms in total. The maximum absolute atomic E-state index is 13.9. The number of benzene rings is 1. The highest BCUT2D eigenvalue weighted by Gasteiger charge is 2.21. The van der Waals surface area contributed by atoms with Crippen molar-refractivity contribution in [1.82, 2.24) is 14.8 Å². The van der Waals surface area contributed by atoms with Crippen molar-refractivity contribution in [3.63, 3.8) is 0 Å². The van der Waals surface area contributed by atoms with Crippen LogP contribution in [0.5, 0.6) is 0 Å². The SMILES string of the molecule is CN1CCN(Cc2ccn(-c3c(F)cccc3F)n2)c2cnccc21. The van der Waals surface area contributed by atoms with Gasteiger partial charge in [-0.3, -0.25) is 4.98 Å². The summed E-state index contributed by atoms with van der Waals surface area (Å²) in [5.74, 6) is -1.27. The van der Waals surface area contributed by atoms with Gasteiger partial charge in [0, 0.05) is 32.5 Å². The van der Waals surface area contributed by atoms with Crippen molar-refractivity contribution < 1.29 is 8.78 Å². The summed E-state index contributed by atoms with van der Waals surface area (Å²) in [4.78, 5) is 8.56. The van der Waals surface area contributed by atoms with Gasteiger partial charge >= 0.3 is 0 Å². The highest BCUT2D eigenvalue weighted by Crippen LogP contribution is 2.31. The van der Waals surface area contributed by atoms with Crippen LogP contribution in [0.3, 0.4) is 0 Å². The highest BCUT2D eigenvalue weighted by molar-refractivity contribution is 5.71. The minimum atomic E-state index is -0.635. The van der Waals surface area contributed by atoms with Gasteiger partial charge in [0.2, 0.25) is 0 Å². The molecule has 1 aliphatic heterocycles. The van der Waals surface area contributed by atoms with Crippen molar-refractivity contribution in [3.05, 3.63) is 66.3 Å². The van der Waals surface area contributed by atoms with Gasteiger partial charge in [-0.2, -0.15) is 5.10 Å². The van der Waals surface area contributed by atoms with Crippen molar-refractivity contribution >= 4 is 11.4 Å². The van der Waals surface area contributed by atoms with E-state index in [0.717, 1.165) is 30.2 Å². The van der Waals surface area contributed by atoms with Crippen LogP contribution in [0.4, 0.5) is 20.2 Å². The number of likely N-dealkylation sites (N-methyl/N-ethyl adjacent to an activating group) is 1. The molecular weight excluding hydrogens is 324 g/mol. The molecule has 2 aromatic heterocycles. The van der Waals surface area contributed by atoms with Gasteiger partial charge in [-0.05, 0) is 24.3 Å². The Labute approximate surface area is 144 Å².